The minimum absolute atomic E-state index is 0.0284. The lowest BCUT2D eigenvalue weighted by Crippen LogP contribution is -2.45. The molecule has 1 fully saturated rings. The fraction of sp³-hybridized carbons (Fsp3) is 0.296. The fourth-order valence-electron chi connectivity index (χ4n) is 4.24. The molecule has 1 heterocycles. The molecule has 3 aromatic rings. The van der Waals surface area contributed by atoms with Crippen molar-refractivity contribution in [3.63, 3.8) is 0 Å². The standard InChI is InChI=1S/C27H27N3O3/c28-15-21-7-9-22(10-8-21)18-33-19-23-4-3-13-29(16-23)27(32)17-30(20-31)26-12-11-24-5-1-2-6-25(24)14-26/h1-2,5-12,14,20,23H,3-4,13,16-19H2. The van der Waals surface area contributed by atoms with Crippen molar-refractivity contribution in [2.24, 2.45) is 5.92 Å². The third-order valence-electron chi connectivity index (χ3n) is 6.07. The number of hydrogen-bond donors (Lipinski definition) is 0. The summed E-state index contributed by atoms with van der Waals surface area (Å²) in [6.07, 6.45) is 2.66. The van der Waals surface area contributed by atoms with E-state index < -0.39 is 0 Å². The first kappa shape index (κ1) is 22.5. The molecule has 1 unspecified atom stereocenters. The highest BCUT2D eigenvalue weighted by Crippen LogP contribution is 2.22. The molecule has 0 aliphatic carbocycles. The van der Waals surface area contributed by atoms with Crippen molar-refractivity contribution in [2.45, 2.75) is 19.4 Å². The summed E-state index contributed by atoms with van der Waals surface area (Å²) in [6, 6.07) is 23.2. The molecule has 0 aromatic heterocycles. The normalized spacial score (nSPS) is 15.7. The van der Waals surface area contributed by atoms with Gasteiger partial charge in [0, 0.05) is 18.8 Å². The van der Waals surface area contributed by atoms with Crippen molar-refractivity contribution >= 4 is 28.8 Å². The molecular formula is C27H27N3O3. The zero-order valence-electron chi connectivity index (χ0n) is 18.5. The van der Waals surface area contributed by atoms with Gasteiger partial charge in [0.1, 0.15) is 6.54 Å². The van der Waals surface area contributed by atoms with Crippen LogP contribution in [0.1, 0.15) is 24.0 Å². The lowest BCUT2D eigenvalue weighted by atomic mass is 9.99. The highest BCUT2D eigenvalue weighted by molar-refractivity contribution is 5.92. The van der Waals surface area contributed by atoms with Gasteiger partial charge in [-0.1, -0.05) is 42.5 Å². The first-order chi connectivity index (χ1) is 16.2. The van der Waals surface area contributed by atoms with Crippen molar-refractivity contribution in [3.05, 3.63) is 77.9 Å². The van der Waals surface area contributed by atoms with E-state index in [2.05, 4.69) is 6.07 Å². The monoisotopic (exact) mass is 441 g/mol. The SMILES string of the molecule is N#Cc1ccc(COCC2CCCN(C(=O)CN(C=O)c3ccc4ccccc4c3)C2)cc1. The minimum Gasteiger partial charge on any atom is -0.376 e. The molecule has 0 N–H and O–H groups in total. The van der Waals surface area contributed by atoms with Gasteiger partial charge < -0.3 is 14.5 Å². The second kappa shape index (κ2) is 10.8. The van der Waals surface area contributed by atoms with E-state index in [1.165, 1.54) is 4.90 Å². The Morgan fingerprint density at radius 3 is 2.67 bits per heavy atom. The molecule has 33 heavy (non-hydrogen) atoms. The van der Waals surface area contributed by atoms with E-state index in [0.717, 1.165) is 41.3 Å². The molecule has 1 aliphatic rings. The average molecular weight is 442 g/mol. The van der Waals surface area contributed by atoms with Crippen LogP contribution in [0.3, 0.4) is 0 Å². The van der Waals surface area contributed by atoms with E-state index in [-0.39, 0.29) is 18.4 Å². The number of hydrogen-bond acceptors (Lipinski definition) is 4. The molecule has 168 valence electrons. The Balaban J connectivity index is 1.30. The van der Waals surface area contributed by atoms with E-state index in [1.54, 1.807) is 12.1 Å². The van der Waals surface area contributed by atoms with Gasteiger partial charge in [0.2, 0.25) is 12.3 Å². The predicted molar refractivity (Wildman–Crippen MR) is 127 cm³/mol. The van der Waals surface area contributed by atoms with Crippen molar-refractivity contribution < 1.29 is 14.3 Å². The molecule has 2 amide bonds. The molecule has 0 radical (unpaired) electrons. The summed E-state index contributed by atoms with van der Waals surface area (Å²) in [5.74, 6) is 0.221. The largest absolute Gasteiger partial charge is 0.376 e. The van der Waals surface area contributed by atoms with Crippen LogP contribution in [0.25, 0.3) is 10.8 Å². The molecule has 6 heteroatoms. The highest BCUT2D eigenvalue weighted by atomic mass is 16.5. The van der Waals surface area contributed by atoms with Crippen molar-refractivity contribution in [1.29, 1.82) is 5.26 Å². The van der Waals surface area contributed by atoms with Crippen LogP contribution in [-0.4, -0.2) is 43.5 Å². The molecule has 3 aromatic carbocycles. The zero-order valence-corrected chi connectivity index (χ0v) is 18.5. The number of amides is 2. The second-order valence-electron chi connectivity index (χ2n) is 8.44. The van der Waals surface area contributed by atoms with E-state index in [4.69, 9.17) is 10.00 Å². The van der Waals surface area contributed by atoms with Crippen LogP contribution < -0.4 is 4.90 Å². The number of ether oxygens (including phenoxy) is 1. The number of carbonyl (C=O) groups is 2. The molecular weight excluding hydrogens is 414 g/mol. The van der Waals surface area contributed by atoms with Crippen molar-refractivity contribution in [1.82, 2.24) is 4.90 Å². The number of piperidine rings is 1. The number of nitrogens with zero attached hydrogens (tertiary/aromatic N) is 3. The van der Waals surface area contributed by atoms with Gasteiger partial charge >= 0.3 is 0 Å². The van der Waals surface area contributed by atoms with Crippen molar-refractivity contribution in [2.75, 3.05) is 31.1 Å². The van der Waals surface area contributed by atoms with Crippen LogP contribution in [0.4, 0.5) is 5.69 Å². The maximum absolute atomic E-state index is 13.0. The predicted octanol–water partition coefficient (Wildman–Crippen LogP) is 4.13. The molecule has 0 saturated carbocycles. The number of rotatable bonds is 8. The number of fused-ring (bicyclic) bond motifs is 1. The molecule has 0 bridgehead atoms. The van der Waals surface area contributed by atoms with Gasteiger partial charge in [0.25, 0.3) is 0 Å². The van der Waals surface area contributed by atoms with Gasteiger partial charge in [-0.05, 0) is 59.4 Å². The van der Waals surface area contributed by atoms with Gasteiger partial charge in [0.15, 0.2) is 0 Å². The van der Waals surface area contributed by atoms with Crippen LogP contribution in [0.5, 0.6) is 0 Å². The molecule has 1 atom stereocenters. The number of nitriles is 1. The fourth-order valence-corrected chi connectivity index (χ4v) is 4.24. The number of carbonyl (C=O) groups excluding carboxylic acids is 2. The van der Waals surface area contributed by atoms with Crippen LogP contribution >= 0.6 is 0 Å². The first-order valence-corrected chi connectivity index (χ1v) is 11.2. The van der Waals surface area contributed by atoms with E-state index in [0.29, 0.717) is 31.9 Å². The number of anilines is 1. The van der Waals surface area contributed by atoms with E-state index >= 15 is 0 Å². The molecule has 4 rings (SSSR count). The molecule has 1 saturated heterocycles. The maximum Gasteiger partial charge on any atom is 0.242 e. The van der Waals surface area contributed by atoms with Crippen LogP contribution in [0.2, 0.25) is 0 Å². The lowest BCUT2D eigenvalue weighted by Gasteiger charge is -2.33. The first-order valence-electron chi connectivity index (χ1n) is 11.2. The molecule has 0 spiro atoms. The maximum atomic E-state index is 13.0. The summed E-state index contributed by atoms with van der Waals surface area (Å²) in [4.78, 5) is 28.0. The summed E-state index contributed by atoms with van der Waals surface area (Å²) in [5.41, 5.74) is 2.37. The topological polar surface area (TPSA) is 73.6 Å². The van der Waals surface area contributed by atoms with Crippen molar-refractivity contribution in [3.8, 4) is 6.07 Å². The third kappa shape index (κ3) is 5.76. The summed E-state index contributed by atoms with van der Waals surface area (Å²) >= 11 is 0. The summed E-state index contributed by atoms with van der Waals surface area (Å²) in [5, 5.41) is 11.0. The highest BCUT2D eigenvalue weighted by Gasteiger charge is 2.25. The minimum atomic E-state index is -0.0490. The van der Waals surface area contributed by atoms with Gasteiger partial charge in [0.05, 0.1) is 24.8 Å². The summed E-state index contributed by atoms with van der Waals surface area (Å²) < 4.78 is 5.89. The quantitative estimate of drug-likeness (QED) is 0.493. The molecule has 1 aliphatic heterocycles. The van der Waals surface area contributed by atoms with Crippen LogP contribution in [0, 0.1) is 17.2 Å². The Kier molecular flexibility index (Phi) is 7.33. The van der Waals surface area contributed by atoms with E-state index in [9.17, 15) is 9.59 Å². The van der Waals surface area contributed by atoms with E-state index in [1.807, 2.05) is 59.5 Å². The number of likely N-dealkylation sites (tertiary alicyclic amines) is 1. The zero-order chi connectivity index (χ0) is 23.0. The Morgan fingerprint density at radius 2 is 1.91 bits per heavy atom. The summed E-state index contributed by atoms with van der Waals surface area (Å²) in [7, 11) is 0. The Bertz CT molecular complexity index is 1150. The third-order valence-corrected chi connectivity index (χ3v) is 6.07. The van der Waals surface area contributed by atoms with Gasteiger partial charge in [-0.15, -0.1) is 0 Å². The Morgan fingerprint density at radius 1 is 1.12 bits per heavy atom. The number of benzene rings is 3. The Labute approximate surface area is 194 Å². The van der Waals surface area contributed by atoms with Gasteiger partial charge in [-0.3, -0.25) is 9.59 Å². The average Bonchev–Trinajstić information content (AvgIpc) is 2.87. The van der Waals surface area contributed by atoms with Crippen LogP contribution in [0.15, 0.2) is 66.7 Å². The molecule has 6 nitrogen and oxygen atoms in total. The van der Waals surface area contributed by atoms with Gasteiger partial charge in [-0.2, -0.15) is 5.26 Å². The van der Waals surface area contributed by atoms with Gasteiger partial charge in [-0.25, -0.2) is 0 Å². The summed E-state index contributed by atoms with van der Waals surface area (Å²) in [6.45, 7) is 2.43. The smallest absolute Gasteiger partial charge is 0.242 e. The second-order valence-corrected chi connectivity index (χ2v) is 8.44. The Hall–Kier alpha value is -3.69. The lowest BCUT2D eigenvalue weighted by molar-refractivity contribution is -0.132. The van der Waals surface area contributed by atoms with Crippen LogP contribution in [-0.2, 0) is 20.9 Å².